The summed E-state index contributed by atoms with van der Waals surface area (Å²) < 4.78 is 7.91. The van der Waals surface area contributed by atoms with Gasteiger partial charge in [0.1, 0.15) is 12.7 Å². The second-order valence-corrected chi connectivity index (χ2v) is 6.54. The zero-order chi connectivity index (χ0) is 18.0. The van der Waals surface area contributed by atoms with Crippen molar-refractivity contribution >= 4 is 5.91 Å². The molecule has 1 amide bonds. The molecule has 0 saturated carbocycles. The number of ether oxygens (including phenoxy) is 1. The van der Waals surface area contributed by atoms with Crippen LogP contribution in [0.1, 0.15) is 57.1 Å². The molecule has 0 spiro atoms. The first-order valence-electron chi connectivity index (χ1n) is 8.98. The number of amides is 1. The normalized spacial score (nSPS) is 21.2. The van der Waals surface area contributed by atoms with Crippen LogP contribution in [0.3, 0.4) is 0 Å². The molecule has 25 heavy (non-hydrogen) atoms. The van der Waals surface area contributed by atoms with Gasteiger partial charge in [0.25, 0.3) is 0 Å². The van der Waals surface area contributed by atoms with Gasteiger partial charge in [0.15, 0.2) is 11.6 Å². The molecule has 0 unspecified atom stereocenters. The minimum Gasteiger partial charge on any atom is -0.358 e. The third kappa shape index (κ3) is 3.31. The number of morpholine rings is 1. The highest BCUT2D eigenvalue weighted by atomic mass is 16.5. The number of hydrogen-bond acceptors (Lipinski definition) is 4. The van der Waals surface area contributed by atoms with Crippen LogP contribution in [0, 0.1) is 0 Å². The van der Waals surface area contributed by atoms with Crippen molar-refractivity contribution in [3.63, 3.8) is 0 Å². The number of aryl methyl sites for hydroxylation is 2. The quantitative estimate of drug-likeness (QED) is 0.838. The third-order valence-corrected chi connectivity index (χ3v) is 4.57. The Balaban J connectivity index is 2.10. The van der Waals surface area contributed by atoms with Gasteiger partial charge in [-0.3, -0.25) is 4.79 Å². The van der Waals surface area contributed by atoms with Gasteiger partial charge in [-0.2, -0.15) is 5.10 Å². The lowest BCUT2D eigenvalue weighted by atomic mass is 9.96. The lowest BCUT2D eigenvalue weighted by molar-refractivity contribution is -0.162. The molecule has 0 N–H and O–H groups in total. The molecule has 2 heterocycles. The Bertz CT molecular complexity index is 726. The van der Waals surface area contributed by atoms with Crippen LogP contribution in [0.5, 0.6) is 0 Å². The van der Waals surface area contributed by atoms with Gasteiger partial charge in [-0.1, -0.05) is 37.3 Å². The SMILES string of the molecule is CCc1nc([C@H]2OCC(=O)N(C(C)C)[C@@H]2c2ccccc2)n(CC)n1. The van der Waals surface area contributed by atoms with E-state index in [1.165, 1.54) is 0 Å². The monoisotopic (exact) mass is 342 g/mol. The van der Waals surface area contributed by atoms with Crippen LogP contribution < -0.4 is 0 Å². The Morgan fingerprint density at radius 2 is 1.96 bits per heavy atom. The first-order chi connectivity index (χ1) is 12.1. The molecule has 2 aromatic rings. The fourth-order valence-electron chi connectivity index (χ4n) is 3.43. The Morgan fingerprint density at radius 3 is 2.56 bits per heavy atom. The second kappa shape index (κ2) is 7.35. The molecule has 0 aliphatic carbocycles. The third-order valence-electron chi connectivity index (χ3n) is 4.57. The van der Waals surface area contributed by atoms with Crippen LogP contribution >= 0.6 is 0 Å². The summed E-state index contributed by atoms with van der Waals surface area (Å²) in [6, 6.07) is 9.92. The molecule has 6 heteroatoms. The molecule has 1 aromatic carbocycles. The molecule has 1 fully saturated rings. The Kier molecular flexibility index (Phi) is 5.18. The maximum absolute atomic E-state index is 12.6. The standard InChI is InChI=1S/C19H26N4O2/c1-5-15-20-19(22(6-2)21-15)18-17(14-10-8-7-9-11-14)23(13(3)4)16(24)12-25-18/h7-11,13,17-18H,5-6,12H2,1-4H3/t17-,18+/m1/s1. The van der Waals surface area contributed by atoms with Crippen molar-refractivity contribution in [3.8, 4) is 0 Å². The predicted octanol–water partition coefficient (Wildman–Crippen LogP) is 2.91. The van der Waals surface area contributed by atoms with Crippen LogP contribution in [0.25, 0.3) is 0 Å². The van der Waals surface area contributed by atoms with Crippen molar-refractivity contribution in [1.29, 1.82) is 0 Å². The largest absolute Gasteiger partial charge is 0.358 e. The lowest BCUT2D eigenvalue weighted by Crippen LogP contribution is -2.49. The number of aromatic nitrogens is 3. The minimum absolute atomic E-state index is 0.0124. The number of hydrogen-bond donors (Lipinski definition) is 0. The molecule has 1 aliphatic rings. The second-order valence-electron chi connectivity index (χ2n) is 6.54. The number of rotatable bonds is 5. The molecular weight excluding hydrogens is 316 g/mol. The van der Waals surface area contributed by atoms with Gasteiger partial charge in [-0.05, 0) is 26.3 Å². The average molecular weight is 342 g/mol. The lowest BCUT2D eigenvalue weighted by Gasteiger charge is -2.43. The van der Waals surface area contributed by atoms with Gasteiger partial charge in [0.05, 0.1) is 6.04 Å². The summed E-state index contributed by atoms with van der Waals surface area (Å²) in [7, 11) is 0. The maximum atomic E-state index is 12.6. The van der Waals surface area contributed by atoms with Crippen molar-refractivity contribution in [2.45, 2.75) is 58.8 Å². The predicted molar refractivity (Wildman–Crippen MR) is 94.9 cm³/mol. The molecule has 1 aliphatic heterocycles. The fraction of sp³-hybridized carbons (Fsp3) is 0.526. The first-order valence-corrected chi connectivity index (χ1v) is 8.98. The number of carbonyl (C=O) groups is 1. The summed E-state index contributed by atoms with van der Waals surface area (Å²) in [4.78, 5) is 19.2. The van der Waals surface area contributed by atoms with Gasteiger partial charge < -0.3 is 9.64 Å². The first kappa shape index (κ1) is 17.6. The van der Waals surface area contributed by atoms with E-state index in [4.69, 9.17) is 9.72 Å². The number of nitrogens with zero attached hydrogens (tertiary/aromatic N) is 4. The van der Waals surface area contributed by atoms with E-state index in [1.54, 1.807) is 0 Å². The van der Waals surface area contributed by atoms with Crippen molar-refractivity contribution in [3.05, 3.63) is 47.5 Å². The van der Waals surface area contributed by atoms with Gasteiger partial charge in [-0.25, -0.2) is 9.67 Å². The van der Waals surface area contributed by atoms with Crippen LogP contribution in [0.2, 0.25) is 0 Å². The molecule has 1 saturated heterocycles. The summed E-state index contributed by atoms with van der Waals surface area (Å²) in [5, 5.41) is 4.56. The molecule has 0 bridgehead atoms. The number of carbonyl (C=O) groups excluding carboxylic acids is 1. The topological polar surface area (TPSA) is 60.2 Å². The Morgan fingerprint density at radius 1 is 1.24 bits per heavy atom. The molecule has 2 atom stereocenters. The zero-order valence-corrected chi connectivity index (χ0v) is 15.3. The summed E-state index contributed by atoms with van der Waals surface area (Å²) in [5.41, 5.74) is 1.05. The zero-order valence-electron chi connectivity index (χ0n) is 15.3. The molecule has 6 nitrogen and oxygen atoms in total. The van der Waals surface area contributed by atoms with Crippen LogP contribution in [0.4, 0.5) is 0 Å². The van der Waals surface area contributed by atoms with E-state index < -0.39 is 0 Å². The van der Waals surface area contributed by atoms with E-state index in [1.807, 2.05) is 67.6 Å². The maximum Gasteiger partial charge on any atom is 0.249 e. The van der Waals surface area contributed by atoms with Crippen molar-refractivity contribution < 1.29 is 9.53 Å². The van der Waals surface area contributed by atoms with Crippen LogP contribution in [-0.4, -0.2) is 38.2 Å². The summed E-state index contributed by atoms with van der Waals surface area (Å²) in [6.07, 6.45) is 0.450. The smallest absolute Gasteiger partial charge is 0.249 e. The minimum atomic E-state index is -0.324. The highest BCUT2D eigenvalue weighted by molar-refractivity contribution is 5.79. The highest BCUT2D eigenvalue weighted by Crippen LogP contribution is 2.40. The Hall–Kier alpha value is -2.21. The van der Waals surface area contributed by atoms with Gasteiger partial charge >= 0.3 is 0 Å². The van der Waals surface area contributed by atoms with Crippen LogP contribution in [-0.2, 0) is 22.5 Å². The fourth-order valence-corrected chi connectivity index (χ4v) is 3.43. The van der Waals surface area contributed by atoms with Gasteiger partial charge in [0.2, 0.25) is 5.91 Å². The average Bonchev–Trinajstić information content (AvgIpc) is 3.05. The molecule has 134 valence electrons. The van der Waals surface area contributed by atoms with Gasteiger partial charge in [0, 0.05) is 19.0 Å². The van der Waals surface area contributed by atoms with Crippen LogP contribution in [0.15, 0.2) is 30.3 Å². The number of benzene rings is 1. The van der Waals surface area contributed by atoms with Gasteiger partial charge in [-0.15, -0.1) is 0 Å². The summed E-state index contributed by atoms with van der Waals surface area (Å²) >= 11 is 0. The van der Waals surface area contributed by atoms with Crippen molar-refractivity contribution in [1.82, 2.24) is 19.7 Å². The van der Waals surface area contributed by atoms with E-state index in [9.17, 15) is 4.79 Å². The van der Waals surface area contributed by atoms with E-state index in [2.05, 4.69) is 5.10 Å². The van der Waals surface area contributed by atoms with E-state index in [0.717, 1.165) is 30.2 Å². The summed E-state index contributed by atoms with van der Waals surface area (Å²) in [6.45, 7) is 8.96. The molecular formula is C19H26N4O2. The van der Waals surface area contributed by atoms with E-state index in [0.29, 0.717) is 0 Å². The van der Waals surface area contributed by atoms with E-state index in [-0.39, 0.29) is 30.7 Å². The molecule has 1 aromatic heterocycles. The van der Waals surface area contributed by atoms with Crippen molar-refractivity contribution in [2.24, 2.45) is 0 Å². The van der Waals surface area contributed by atoms with E-state index >= 15 is 0 Å². The molecule has 3 rings (SSSR count). The summed E-state index contributed by atoms with van der Waals surface area (Å²) in [5.74, 6) is 1.62. The molecule has 0 radical (unpaired) electrons. The Labute approximate surface area is 148 Å². The van der Waals surface area contributed by atoms with Crippen molar-refractivity contribution in [2.75, 3.05) is 6.61 Å². The highest BCUT2D eigenvalue weighted by Gasteiger charge is 2.42.